The zero-order valence-corrected chi connectivity index (χ0v) is 8.33. The minimum Gasteiger partial charge on any atom is -0.403 e. The molecule has 0 saturated heterocycles. The Bertz CT molecular complexity index is 77.6. The van der Waals surface area contributed by atoms with Gasteiger partial charge in [-0.05, 0) is 19.0 Å². The van der Waals surface area contributed by atoms with Gasteiger partial charge in [0.05, 0.1) is 0 Å². The zero-order chi connectivity index (χ0) is 7.49. The van der Waals surface area contributed by atoms with Gasteiger partial charge in [-0.15, -0.1) is 11.1 Å². The van der Waals surface area contributed by atoms with Gasteiger partial charge in [0.25, 0.3) is 7.63 Å². The third-order valence-corrected chi connectivity index (χ3v) is 1.94. The highest BCUT2D eigenvalue weighted by molar-refractivity contribution is 7.15. The number of hydrogen-bond acceptors (Lipinski definition) is 1. The number of rotatable bonds is 3. The van der Waals surface area contributed by atoms with Crippen molar-refractivity contribution >= 4 is 18.7 Å². The van der Waals surface area contributed by atoms with E-state index in [2.05, 4.69) is 13.8 Å². The average Bonchev–Trinajstić information content (AvgIpc) is 1.59. The Hall–Kier alpha value is 0.467. The summed E-state index contributed by atoms with van der Waals surface area (Å²) in [5.41, 5.74) is 0. The second kappa shape index (κ2) is 3.59. The third kappa shape index (κ3) is 8.47. The van der Waals surface area contributed by atoms with E-state index in [1.807, 2.05) is 13.1 Å². The Labute approximate surface area is 63.2 Å². The van der Waals surface area contributed by atoms with Gasteiger partial charge >= 0.3 is 0 Å². The smallest absolute Gasteiger partial charge is 0.283 e. The van der Waals surface area contributed by atoms with Crippen LogP contribution in [-0.4, -0.2) is 14.2 Å². The molecule has 0 aromatic heterocycles. The molecule has 0 N–H and O–H groups in total. The van der Waals surface area contributed by atoms with E-state index in [1.165, 1.54) is 0 Å². The van der Waals surface area contributed by atoms with Gasteiger partial charge in [-0.1, -0.05) is 13.8 Å². The first-order chi connectivity index (χ1) is 3.92. The number of halogens is 1. The van der Waals surface area contributed by atoms with E-state index in [1.54, 1.807) is 0 Å². The van der Waals surface area contributed by atoms with Crippen molar-refractivity contribution in [2.45, 2.75) is 26.9 Å². The molecule has 0 unspecified atom stereocenters. The van der Waals surface area contributed by atoms with Gasteiger partial charge in [-0.25, -0.2) is 0 Å². The molecule has 9 heavy (non-hydrogen) atoms. The van der Waals surface area contributed by atoms with Crippen molar-refractivity contribution in [2.75, 3.05) is 6.61 Å². The first-order valence-electron chi connectivity index (χ1n) is 3.24. The van der Waals surface area contributed by atoms with Crippen molar-refractivity contribution in [3.05, 3.63) is 0 Å². The maximum atomic E-state index is 5.89. The van der Waals surface area contributed by atoms with E-state index in [0.717, 1.165) is 6.61 Å². The summed E-state index contributed by atoms with van der Waals surface area (Å²) < 4.78 is 5.40. The van der Waals surface area contributed by atoms with E-state index in [-0.39, 0.29) is 0 Å². The lowest BCUT2D eigenvalue weighted by atomic mass is 10.2. The van der Waals surface area contributed by atoms with Crippen LogP contribution in [0.3, 0.4) is 0 Å². The van der Waals surface area contributed by atoms with Crippen molar-refractivity contribution in [1.82, 2.24) is 0 Å². The molecule has 0 heterocycles. The van der Waals surface area contributed by atoms with Crippen molar-refractivity contribution in [3.8, 4) is 0 Å². The van der Waals surface area contributed by atoms with E-state index >= 15 is 0 Å². The van der Waals surface area contributed by atoms with Crippen LogP contribution in [0.4, 0.5) is 0 Å². The highest BCUT2D eigenvalue weighted by Crippen LogP contribution is 2.10. The fourth-order valence-corrected chi connectivity index (χ4v) is 1.28. The molecule has 1 nitrogen and oxygen atoms in total. The summed E-state index contributed by atoms with van der Waals surface area (Å²) in [6.07, 6.45) is 0. The van der Waals surface area contributed by atoms with Gasteiger partial charge in [0, 0.05) is 6.61 Å². The first-order valence-corrected chi connectivity index (χ1v) is 7.16. The SMILES string of the molecule is CC(C)CO[Si](C)(C)Cl. The maximum absolute atomic E-state index is 5.89. The molecule has 0 fully saturated rings. The van der Waals surface area contributed by atoms with Crippen LogP contribution < -0.4 is 0 Å². The summed E-state index contributed by atoms with van der Waals surface area (Å²) in [5.74, 6) is 0.593. The van der Waals surface area contributed by atoms with Crippen molar-refractivity contribution in [1.29, 1.82) is 0 Å². The highest BCUT2D eigenvalue weighted by atomic mass is 35.6. The largest absolute Gasteiger partial charge is 0.403 e. The van der Waals surface area contributed by atoms with Gasteiger partial charge in [-0.2, -0.15) is 0 Å². The van der Waals surface area contributed by atoms with Crippen LogP contribution in [-0.2, 0) is 4.43 Å². The molecule has 0 aliphatic heterocycles. The van der Waals surface area contributed by atoms with Crippen molar-refractivity contribution in [2.24, 2.45) is 5.92 Å². The molecular weight excluding hydrogens is 152 g/mol. The fourth-order valence-electron chi connectivity index (χ4n) is 0.365. The lowest BCUT2D eigenvalue weighted by Gasteiger charge is -2.15. The van der Waals surface area contributed by atoms with Crippen molar-refractivity contribution < 1.29 is 4.43 Å². The van der Waals surface area contributed by atoms with Crippen LogP contribution in [0.5, 0.6) is 0 Å². The summed E-state index contributed by atoms with van der Waals surface area (Å²) in [6.45, 7) is 9.00. The molecule has 0 aliphatic carbocycles. The van der Waals surface area contributed by atoms with Gasteiger partial charge < -0.3 is 4.43 Å². The lowest BCUT2D eigenvalue weighted by Crippen LogP contribution is -2.24. The Morgan fingerprint density at radius 1 is 1.44 bits per heavy atom. The molecule has 0 saturated carbocycles. The molecule has 0 bridgehead atoms. The van der Waals surface area contributed by atoms with Gasteiger partial charge in [0.1, 0.15) is 0 Å². The van der Waals surface area contributed by atoms with E-state index in [9.17, 15) is 0 Å². The molecule has 56 valence electrons. The Kier molecular flexibility index (Phi) is 3.78. The minimum absolute atomic E-state index is 0.593. The van der Waals surface area contributed by atoms with E-state index < -0.39 is 7.63 Å². The fraction of sp³-hybridized carbons (Fsp3) is 1.00. The van der Waals surface area contributed by atoms with Gasteiger partial charge in [0.2, 0.25) is 0 Å². The molecule has 0 radical (unpaired) electrons. The van der Waals surface area contributed by atoms with Crippen LogP contribution in [0.1, 0.15) is 13.8 Å². The lowest BCUT2D eigenvalue weighted by molar-refractivity contribution is 0.271. The quantitative estimate of drug-likeness (QED) is 0.463. The molecule has 3 heteroatoms. The van der Waals surface area contributed by atoms with Gasteiger partial charge in [-0.3, -0.25) is 0 Å². The topological polar surface area (TPSA) is 9.23 Å². The van der Waals surface area contributed by atoms with Crippen LogP contribution in [0.15, 0.2) is 0 Å². The predicted molar refractivity (Wildman–Crippen MR) is 44.1 cm³/mol. The molecule has 0 spiro atoms. The molecular formula is C6H15ClOSi. The normalized spacial score (nSPS) is 12.7. The Morgan fingerprint density at radius 3 is 2.00 bits per heavy atom. The van der Waals surface area contributed by atoms with Crippen LogP contribution in [0, 0.1) is 5.92 Å². The first kappa shape index (κ1) is 9.47. The molecule has 0 rings (SSSR count). The maximum Gasteiger partial charge on any atom is 0.283 e. The average molecular weight is 167 g/mol. The monoisotopic (exact) mass is 166 g/mol. The molecule has 0 aromatic rings. The summed E-state index contributed by atoms with van der Waals surface area (Å²) in [7, 11) is -1.75. The van der Waals surface area contributed by atoms with Crippen LogP contribution in [0.2, 0.25) is 13.1 Å². The molecule has 0 aromatic carbocycles. The minimum atomic E-state index is -1.75. The zero-order valence-electron chi connectivity index (χ0n) is 6.57. The summed E-state index contributed by atoms with van der Waals surface area (Å²) in [6, 6.07) is 0. The van der Waals surface area contributed by atoms with Crippen LogP contribution in [0.25, 0.3) is 0 Å². The molecule has 0 aliphatic rings. The summed E-state index contributed by atoms with van der Waals surface area (Å²) >= 11 is 5.89. The van der Waals surface area contributed by atoms with E-state index in [0.29, 0.717) is 5.92 Å². The van der Waals surface area contributed by atoms with Gasteiger partial charge in [0.15, 0.2) is 0 Å². The van der Waals surface area contributed by atoms with E-state index in [4.69, 9.17) is 15.5 Å². The predicted octanol–water partition coefficient (Wildman–Crippen LogP) is 2.60. The highest BCUT2D eigenvalue weighted by Gasteiger charge is 2.17. The Morgan fingerprint density at radius 2 is 1.89 bits per heavy atom. The standard InChI is InChI=1S/C6H15ClOSi/c1-6(2)5-8-9(3,4)7/h6H,5H2,1-4H3. The second-order valence-electron chi connectivity index (χ2n) is 3.07. The third-order valence-electron chi connectivity index (χ3n) is 0.760. The Balaban J connectivity index is 3.28. The number of hydrogen-bond donors (Lipinski definition) is 0. The summed E-state index contributed by atoms with van der Waals surface area (Å²) in [4.78, 5) is 0. The summed E-state index contributed by atoms with van der Waals surface area (Å²) in [5, 5.41) is 0. The molecule has 0 amide bonds. The van der Waals surface area contributed by atoms with Crippen molar-refractivity contribution in [3.63, 3.8) is 0 Å². The van der Waals surface area contributed by atoms with Crippen LogP contribution >= 0.6 is 11.1 Å². The second-order valence-corrected chi connectivity index (χ2v) is 8.81. The molecule has 0 atom stereocenters.